The summed E-state index contributed by atoms with van der Waals surface area (Å²) in [5.74, 6) is 0.498. The van der Waals surface area contributed by atoms with Gasteiger partial charge in [-0.25, -0.2) is 0 Å². The Bertz CT molecular complexity index is 570. The van der Waals surface area contributed by atoms with Gasteiger partial charge >= 0.3 is 12.0 Å². The van der Waals surface area contributed by atoms with Crippen molar-refractivity contribution in [3.05, 3.63) is 34.6 Å². The number of hydrogen-bond donors (Lipinski definition) is 1. The normalized spacial score (nSPS) is 10.3. The summed E-state index contributed by atoms with van der Waals surface area (Å²) in [6.45, 7) is 0. The van der Waals surface area contributed by atoms with Gasteiger partial charge in [-0.05, 0) is 11.6 Å². The maximum absolute atomic E-state index is 5.97. The zero-order valence-corrected chi connectivity index (χ0v) is 11.3. The maximum atomic E-state index is 5.97. The molecule has 7 heteroatoms. The summed E-state index contributed by atoms with van der Waals surface area (Å²) in [5, 5.41) is 0.505. The number of halogens is 1. The van der Waals surface area contributed by atoms with E-state index in [-0.39, 0.29) is 12.0 Å². The third-order valence-electron chi connectivity index (χ3n) is 2.50. The van der Waals surface area contributed by atoms with E-state index in [0.717, 1.165) is 5.56 Å². The molecule has 0 spiro atoms. The molecule has 0 bridgehead atoms. The van der Waals surface area contributed by atoms with E-state index in [1.165, 1.54) is 14.2 Å². The lowest BCUT2D eigenvalue weighted by atomic mass is 10.1. The molecule has 0 radical (unpaired) electrons. The lowest BCUT2D eigenvalue weighted by molar-refractivity contribution is 0.337. The van der Waals surface area contributed by atoms with Crippen LogP contribution in [0.2, 0.25) is 5.02 Å². The molecule has 0 saturated heterocycles. The van der Waals surface area contributed by atoms with Crippen LogP contribution in [0, 0.1) is 0 Å². The number of benzene rings is 1. The fourth-order valence-corrected chi connectivity index (χ4v) is 1.74. The number of nitrogen functional groups attached to an aromatic ring is 1. The summed E-state index contributed by atoms with van der Waals surface area (Å²) >= 11 is 5.97. The molecular formula is C12H13ClN4O2. The van der Waals surface area contributed by atoms with Crippen LogP contribution in [-0.2, 0) is 6.42 Å². The monoisotopic (exact) mass is 280 g/mol. The van der Waals surface area contributed by atoms with E-state index in [9.17, 15) is 0 Å². The van der Waals surface area contributed by atoms with Gasteiger partial charge in [0.1, 0.15) is 5.82 Å². The van der Waals surface area contributed by atoms with Crippen molar-refractivity contribution in [2.45, 2.75) is 6.42 Å². The molecule has 100 valence electrons. The number of anilines is 1. The molecule has 0 aliphatic heterocycles. The van der Waals surface area contributed by atoms with Gasteiger partial charge in [0.05, 0.1) is 24.9 Å². The Morgan fingerprint density at radius 2 is 1.74 bits per heavy atom. The van der Waals surface area contributed by atoms with Crippen LogP contribution >= 0.6 is 11.6 Å². The van der Waals surface area contributed by atoms with Gasteiger partial charge in [-0.15, -0.1) is 4.98 Å². The van der Waals surface area contributed by atoms with Crippen molar-refractivity contribution in [3.63, 3.8) is 0 Å². The van der Waals surface area contributed by atoms with Gasteiger partial charge in [0, 0.05) is 6.42 Å². The number of nitrogens with zero attached hydrogens (tertiary/aromatic N) is 3. The van der Waals surface area contributed by atoms with Crippen LogP contribution in [0.5, 0.6) is 12.0 Å². The van der Waals surface area contributed by atoms with Crippen molar-refractivity contribution < 1.29 is 9.47 Å². The van der Waals surface area contributed by atoms with Crippen molar-refractivity contribution in [3.8, 4) is 12.0 Å². The largest absolute Gasteiger partial charge is 0.467 e. The molecule has 0 unspecified atom stereocenters. The number of hydrogen-bond acceptors (Lipinski definition) is 6. The number of ether oxygens (including phenoxy) is 2. The first-order valence-corrected chi connectivity index (χ1v) is 5.87. The second-order valence-corrected chi connectivity index (χ2v) is 4.12. The Morgan fingerprint density at radius 3 is 2.32 bits per heavy atom. The third-order valence-corrected chi connectivity index (χ3v) is 2.83. The Kier molecular flexibility index (Phi) is 4.01. The molecule has 0 amide bonds. The minimum absolute atomic E-state index is 0.197. The van der Waals surface area contributed by atoms with Gasteiger partial charge in [-0.3, -0.25) is 0 Å². The van der Waals surface area contributed by atoms with E-state index >= 15 is 0 Å². The van der Waals surface area contributed by atoms with Gasteiger partial charge in [0.2, 0.25) is 0 Å². The standard InChI is InChI=1S/C12H13ClN4O2/c1-18-11-15-9(16-12(17-11)19-2)6-7-4-3-5-8(13)10(7)14/h3-5H,6,14H2,1-2H3. The maximum Gasteiger partial charge on any atom is 0.322 e. The van der Waals surface area contributed by atoms with Crippen LogP contribution in [-0.4, -0.2) is 29.2 Å². The van der Waals surface area contributed by atoms with Crippen LogP contribution in [0.25, 0.3) is 0 Å². The minimum Gasteiger partial charge on any atom is -0.467 e. The number of rotatable bonds is 4. The molecule has 6 nitrogen and oxygen atoms in total. The highest BCUT2D eigenvalue weighted by Gasteiger charge is 2.10. The van der Waals surface area contributed by atoms with E-state index in [2.05, 4.69) is 15.0 Å². The van der Waals surface area contributed by atoms with Crippen LogP contribution in [0.15, 0.2) is 18.2 Å². The molecule has 0 saturated carbocycles. The summed E-state index contributed by atoms with van der Waals surface area (Å²) in [4.78, 5) is 12.2. The van der Waals surface area contributed by atoms with E-state index < -0.39 is 0 Å². The van der Waals surface area contributed by atoms with Crippen molar-refractivity contribution >= 4 is 17.3 Å². The molecule has 0 fully saturated rings. The first-order chi connectivity index (χ1) is 9.13. The first-order valence-electron chi connectivity index (χ1n) is 5.50. The third kappa shape index (κ3) is 3.03. The molecule has 2 rings (SSSR count). The van der Waals surface area contributed by atoms with Crippen LogP contribution < -0.4 is 15.2 Å². The predicted molar refractivity (Wildman–Crippen MR) is 71.6 cm³/mol. The van der Waals surface area contributed by atoms with E-state index in [1.807, 2.05) is 12.1 Å². The molecule has 1 aromatic heterocycles. The SMILES string of the molecule is COc1nc(Cc2cccc(Cl)c2N)nc(OC)n1. The van der Waals surface area contributed by atoms with E-state index in [1.54, 1.807) is 6.07 Å². The number of aromatic nitrogens is 3. The van der Waals surface area contributed by atoms with Gasteiger partial charge in [-0.1, -0.05) is 23.7 Å². The van der Waals surface area contributed by atoms with Crippen molar-refractivity contribution in [1.82, 2.24) is 15.0 Å². The predicted octanol–water partition coefficient (Wildman–Crippen LogP) is 1.72. The highest BCUT2D eigenvalue weighted by molar-refractivity contribution is 6.33. The van der Waals surface area contributed by atoms with Crippen LogP contribution in [0.4, 0.5) is 5.69 Å². The average Bonchev–Trinajstić information content (AvgIpc) is 2.43. The summed E-state index contributed by atoms with van der Waals surface area (Å²) in [7, 11) is 2.96. The lowest BCUT2D eigenvalue weighted by Gasteiger charge is -2.08. The smallest absolute Gasteiger partial charge is 0.322 e. The van der Waals surface area contributed by atoms with Crippen LogP contribution in [0.1, 0.15) is 11.4 Å². The summed E-state index contributed by atoms with van der Waals surface area (Å²) in [5.41, 5.74) is 7.26. The second kappa shape index (κ2) is 5.71. The number of methoxy groups -OCH3 is 2. The van der Waals surface area contributed by atoms with Gasteiger partial charge in [0.15, 0.2) is 0 Å². The Morgan fingerprint density at radius 1 is 1.11 bits per heavy atom. The highest BCUT2D eigenvalue weighted by atomic mass is 35.5. The molecule has 1 heterocycles. The minimum atomic E-state index is 0.197. The number of para-hydroxylation sites is 1. The zero-order chi connectivity index (χ0) is 13.8. The fourth-order valence-electron chi connectivity index (χ4n) is 1.55. The zero-order valence-electron chi connectivity index (χ0n) is 10.6. The first kappa shape index (κ1) is 13.4. The topological polar surface area (TPSA) is 83.2 Å². The molecule has 0 aliphatic carbocycles. The van der Waals surface area contributed by atoms with Crippen LogP contribution in [0.3, 0.4) is 0 Å². The molecule has 2 N–H and O–H groups in total. The van der Waals surface area contributed by atoms with Gasteiger partial charge in [-0.2, -0.15) is 9.97 Å². The molecule has 0 atom stereocenters. The molecule has 2 aromatic rings. The average molecular weight is 281 g/mol. The quantitative estimate of drug-likeness (QED) is 0.859. The van der Waals surface area contributed by atoms with Gasteiger partial charge in [0.25, 0.3) is 0 Å². The lowest BCUT2D eigenvalue weighted by Crippen LogP contribution is -2.05. The Labute approximate surface area is 115 Å². The molecule has 19 heavy (non-hydrogen) atoms. The highest BCUT2D eigenvalue weighted by Crippen LogP contribution is 2.24. The number of nitrogens with two attached hydrogens (primary N) is 1. The van der Waals surface area contributed by atoms with E-state index in [4.69, 9.17) is 26.8 Å². The fraction of sp³-hybridized carbons (Fsp3) is 0.250. The Balaban J connectivity index is 2.34. The molecule has 1 aromatic carbocycles. The van der Waals surface area contributed by atoms with Gasteiger partial charge < -0.3 is 15.2 Å². The summed E-state index contributed by atoms with van der Waals surface area (Å²) in [6.07, 6.45) is 0.418. The van der Waals surface area contributed by atoms with Crippen molar-refractivity contribution in [1.29, 1.82) is 0 Å². The van der Waals surface area contributed by atoms with Crippen molar-refractivity contribution in [2.24, 2.45) is 0 Å². The molecular weight excluding hydrogens is 268 g/mol. The summed E-state index contributed by atoms with van der Waals surface area (Å²) in [6, 6.07) is 5.81. The Hall–Kier alpha value is -2.08. The second-order valence-electron chi connectivity index (χ2n) is 3.71. The van der Waals surface area contributed by atoms with Crippen molar-refractivity contribution in [2.75, 3.05) is 20.0 Å². The van der Waals surface area contributed by atoms with E-state index in [0.29, 0.717) is 23.0 Å². The molecule has 0 aliphatic rings. The summed E-state index contributed by atoms with van der Waals surface area (Å²) < 4.78 is 9.98.